The third kappa shape index (κ3) is 3.88. The van der Waals surface area contributed by atoms with Crippen molar-refractivity contribution in [3.63, 3.8) is 0 Å². The molecule has 1 atom stereocenters. The highest BCUT2D eigenvalue weighted by Gasteiger charge is 2.35. The standard InChI is InChI=1S/C12H15BrF3NO/c1-7(11(2,3)18)17-10-5-4-8(13)6-9(10)12(14,15)16/h4-7,17-18H,1-3H3. The number of halogens is 4. The first kappa shape index (κ1) is 15.3. The lowest BCUT2D eigenvalue weighted by Gasteiger charge is -2.29. The van der Waals surface area contributed by atoms with Crippen LogP contribution in [0.3, 0.4) is 0 Å². The Morgan fingerprint density at radius 3 is 2.28 bits per heavy atom. The summed E-state index contributed by atoms with van der Waals surface area (Å²) in [6, 6.07) is 3.36. The van der Waals surface area contributed by atoms with Crippen molar-refractivity contribution in [1.29, 1.82) is 0 Å². The van der Waals surface area contributed by atoms with Crippen LogP contribution in [0.1, 0.15) is 26.3 Å². The van der Waals surface area contributed by atoms with Crippen LogP contribution in [0, 0.1) is 0 Å². The molecule has 0 bridgehead atoms. The average Bonchev–Trinajstić information content (AvgIpc) is 2.17. The predicted molar refractivity (Wildman–Crippen MR) is 68.5 cm³/mol. The lowest BCUT2D eigenvalue weighted by molar-refractivity contribution is -0.137. The fourth-order valence-electron chi connectivity index (χ4n) is 1.29. The maximum atomic E-state index is 12.9. The Hall–Kier alpha value is -0.750. The molecular formula is C12H15BrF3NO. The summed E-state index contributed by atoms with van der Waals surface area (Å²) in [6.45, 7) is 4.70. The molecule has 1 unspecified atom stereocenters. The van der Waals surface area contributed by atoms with Gasteiger partial charge in [-0.2, -0.15) is 13.2 Å². The first-order chi connectivity index (χ1) is 8.01. The lowest BCUT2D eigenvalue weighted by Crippen LogP contribution is -2.39. The van der Waals surface area contributed by atoms with E-state index in [0.29, 0.717) is 4.47 Å². The van der Waals surface area contributed by atoms with Gasteiger partial charge in [0.2, 0.25) is 0 Å². The second-order valence-corrected chi connectivity index (χ2v) is 5.62. The van der Waals surface area contributed by atoms with Gasteiger partial charge in [-0.1, -0.05) is 15.9 Å². The minimum atomic E-state index is -4.44. The Balaban J connectivity index is 3.10. The number of aliphatic hydroxyl groups is 1. The van der Waals surface area contributed by atoms with Gasteiger partial charge in [0.1, 0.15) is 0 Å². The molecule has 2 nitrogen and oxygen atoms in total. The number of alkyl halides is 3. The molecule has 6 heteroatoms. The van der Waals surface area contributed by atoms with Gasteiger partial charge in [-0.15, -0.1) is 0 Å². The molecule has 0 aliphatic heterocycles. The fourth-order valence-corrected chi connectivity index (χ4v) is 1.65. The molecule has 2 N–H and O–H groups in total. The first-order valence-corrected chi connectivity index (χ1v) is 6.17. The van der Waals surface area contributed by atoms with Gasteiger partial charge in [0.15, 0.2) is 0 Å². The topological polar surface area (TPSA) is 32.3 Å². The molecule has 0 amide bonds. The van der Waals surface area contributed by atoms with Gasteiger partial charge in [-0.05, 0) is 39.0 Å². The van der Waals surface area contributed by atoms with Crippen molar-refractivity contribution in [2.75, 3.05) is 5.32 Å². The zero-order chi connectivity index (χ0) is 14.1. The minimum absolute atomic E-state index is 0.0414. The number of anilines is 1. The van der Waals surface area contributed by atoms with Gasteiger partial charge in [-0.3, -0.25) is 0 Å². The summed E-state index contributed by atoms with van der Waals surface area (Å²) in [7, 11) is 0. The number of rotatable bonds is 3. The third-order valence-corrected chi connectivity index (χ3v) is 3.21. The van der Waals surface area contributed by atoms with E-state index in [4.69, 9.17) is 0 Å². The number of benzene rings is 1. The number of hydrogen-bond donors (Lipinski definition) is 2. The monoisotopic (exact) mass is 325 g/mol. The maximum absolute atomic E-state index is 12.9. The summed E-state index contributed by atoms with van der Waals surface area (Å²) < 4.78 is 38.9. The van der Waals surface area contributed by atoms with Crippen LogP contribution in [0.5, 0.6) is 0 Å². The quantitative estimate of drug-likeness (QED) is 0.879. The van der Waals surface area contributed by atoms with E-state index in [1.54, 1.807) is 6.92 Å². The van der Waals surface area contributed by atoms with Crippen molar-refractivity contribution in [3.8, 4) is 0 Å². The maximum Gasteiger partial charge on any atom is 0.418 e. The van der Waals surface area contributed by atoms with E-state index in [-0.39, 0.29) is 5.69 Å². The Morgan fingerprint density at radius 1 is 1.28 bits per heavy atom. The average molecular weight is 326 g/mol. The fraction of sp³-hybridized carbons (Fsp3) is 0.500. The van der Waals surface area contributed by atoms with Gasteiger partial charge >= 0.3 is 6.18 Å². The van der Waals surface area contributed by atoms with E-state index in [2.05, 4.69) is 21.2 Å². The Bertz CT molecular complexity index is 426. The second-order valence-electron chi connectivity index (χ2n) is 4.71. The van der Waals surface area contributed by atoms with Gasteiger partial charge in [-0.25, -0.2) is 0 Å². The van der Waals surface area contributed by atoms with Crippen LogP contribution in [0.25, 0.3) is 0 Å². The van der Waals surface area contributed by atoms with Crippen LogP contribution in [0.15, 0.2) is 22.7 Å². The molecule has 1 aromatic rings. The molecule has 0 spiro atoms. The van der Waals surface area contributed by atoms with Gasteiger partial charge in [0, 0.05) is 10.2 Å². The lowest BCUT2D eigenvalue weighted by atomic mass is 10.00. The van der Waals surface area contributed by atoms with Crippen LogP contribution < -0.4 is 5.32 Å². The van der Waals surface area contributed by atoms with Crippen LogP contribution in [-0.4, -0.2) is 16.7 Å². The van der Waals surface area contributed by atoms with Crippen molar-refractivity contribution in [3.05, 3.63) is 28.2 Å². The molecule has 0 saturated heterocycles. The molecule has 0 fully saturated rings. The van der Waals surface area contributed by atoms with E-state index in [1.807, 2.05) is 0 Å². The minimum Gasteiger partial charge on any atom is -0.388 e. The molecule has 1 aromatic carbocycles. The molecular weight excluding hydrogens is 311 g/mol. The van der Waals surface area contributed by atoms with Gasteiger partial charge < -0.3 is 10.4 Å². The molecule has 102 valence electrons. The van der Waals surface area contributed by atoms with Crippen molar-refractivity contribution < 1.29 is 18.3 Å². The molecule has 1 rings (SSSR count). The van der Waals surface area contributed by atoms with Crippen LogP contribution in [0.4, 0.5) is 18.9 Å². The summed E-state index contributed by atoms with van der Waals surface area (Å²) in [5, 5.41) is 12.4. The summed E-state index contributed by atoms with van der Waals surface area (Å²) >= 11 is 3.02. The highest BCUT2D eigenvalue weighted by Crippen LogP contribution is 2.37. The van der Waals surface area contributed by atoms with Crippen LogP contribution in [-0.2, 0) is 6.18 Å². The second kappa shape index (κ2) is 5.09. The van der Waals surface area contributed by atoms with Crippen molar-refractivity contribution >= 4 is 21.6 Å². The number of hydrogen-bond acceptors (Lipinski definition) is 2. The van der Waals surface area contributed by atoms with Gasteiger partial charge in [0.05, 0.1) is 17.2 Å². The zero-order valence-corrected chi connectivity index (χ0v) is 11.9. The molecule has 0 heterocycles. The first-order valence-electron chi connectivity index (χ1n) is 5.37. The highest BCUT2D eigenvalue weighted by atomic mass is 79.9. The summed E-state index contributed by atoms with van der Waals surface area (Å²) in [6.07, 6.45) is -4.44. The van der Waals surface area contributed by atoms with E-state index in [0.717, 1.165) is 6.07 Å². The Morgan fingerprint density at radius 2 is 1.83 bits per heavy atom. The van der Waals surface area contributed by atoms with E-state index < -0.39 is 23.4 Å². The summed E-state index contributed by atoms with van der Waals surface area (Å²) in [5.74, 6) is 0. The largest absolute Gasteiger partial charge is 0.418 e. The van der Waals surface area contributed by atoms with E-state index in [1.165, 1.54) is 26.0 Å². The Kier molecular flexibility index (Phi) is 4.33. The smallest absolute Gasteiger partial charge is 0.388 e. The molecule has 0 aliphatic rings. The van der Waals surface area contributed by atoms with Crippen molar-refractivity contribution in [2.24, 2.45) is 0 Å². The van der Waals surface area contributed by atoms with Gasteiger partial charge in [0.25, 0.3) is 0 Å². The molecule has 18 heavy (non-hydrogen) atoms. The van der Waals surface area contributed by atoms with Crippen molar-refractivity contribution in [1.82, 2.24) is 0 Å². The molecule has 0 aliphatic carbocycles. The highest BCUT2D eigenvalue weighted by molar-refractivity contribution is 9.10. The predicted octanol–water partition coefficient (Wildman–Crippen LogP) is 4.04. The van der Waals surface area contributed by atoms with Crippen LogP contribution >= 0.6 is 15.9 Å². The van der Waals surface area contributed by atoms with E-state index >= 15 is 0 Å². The zero-order valence-electron chi connectivity index (χ0n) is 10.3. The molecule has 0 radical (unpaired) electrons. The number of nitrogens with one attached hydrogen (secondary N) is 1. The molecule has 0 saturated carbocycles. The molecule has 0 aromatic heterocycles. The summed E-state index contributed by atoms with van der Waals surface area (Å²) in [4.78, 5) is 0. The summed E-state index contributed by atoms with van der Waals surface area (Å²) in [5.41, 5.74) is -1.91. The SMILES string of the molecule is CC(Nc1ccc(Br)cc1C(F)(F)F)C(C)(C)O. The van der Waals surface area contributed by atoms with E-state index in [9.17, 15) is 18.3 Å². The normalized spacial score (nSPS) is 14.4. The van der Waals surface area contributed by atoms with Crippen molar-refractivity contribution in [2.45, 2.75) is 38.6 Å². The third-order valence-electron chi connectivity index (χ3n) is 2.72. The van der Waals surface area contributed by atoms with Crippen LogP contribution in [0.2, 0.25) is 0 Å². The Labute approximate surface area is 112 Å².